The molecule has 5 heteroatoms. The zero-order chi connectivity index (χ0) is 18.1. The van der Waals surface area contributed by atoms with Gasteiger partial charge in [-0.05, 0) is 43.7 Å². The normalized spacial score (nSPS) is 14.2. The van der Waals surface area contributed by atoms with Gasteiger partial charge in [-0.3, -0.25) is 4.79 Å². The number of carbonyl (C=O) groups is 1. The number of carbonyl (C=O) groups excluding carboxylic acids is 1. The summed E-state index contributed by atoms with van der Waals surface area (Å²) in [6.45, 7) is 4.22. The molecule has 2 aromatic carbocycles. The minimum Gasteiger partial charge on any atom is -0.494 e. The van der Waals surface area contributed by atoms with Crippen molar-refractivity contribution in [1.29, 1.82) is 0 Å². The number of hydrogen-bond acceptors (Lipinski definition) is 3. The predicted molar refractivity (Wildman–Crippen MR) is 105 cm³/mol. The number of nitrogens with one attached hydrogen (secondary N) is 1. The van der Waals surface area contributed by atoms with Crippen LogP contribution in [0.4, 0.5) is 11.4 Å². The number of hydrogen-bond donors (Lipinski definition) is 1. The number of para-hydroxylation sites is 2. The first-order valence-corrected chi connectivity index (χ1v) is 9.05. The van der Waals surface area contributed by atoms with Gasteiger partial charge in [0.1, 0.15) is 11.4 Å². The number of rotatable bonds is 3. The van der Waals surface area contributed by atoms with Gasteiger partial charge in [-0.15, -0.1) is 0 Å². The van der Waals surface area contributed by atoms with E-state index in [0.29, 0.717) is 18.8 Å². The number of amides is 1. The Morgan fingerprint density at radius 2 is 1.92 bits per heavy atom. The summed E-state index contributed by atoms with van der Waals surface area (Å²) in [6, 6.07) is 15.9. The fourth-order valence-electron chi connectivity index (χ4n) is 3.56. The van der Waals surface area contributed by atoms with Crippen molar-refractivity contribution >= 4 is 28.2 Å². The molecule has 1 aromatic heterocycles. The molecule has 0 radical (unpaired) electrons. The zero-order valence-corrected chi connectivity index (χ0v) is 15.2. The number of benzene rings is 2. The molecule has 0 bridgehead atoms. The number of fused-ring (bicyclic) bond motifs is 2. The zero-order valence-electron chi connectivity index (χ0n) is 15.2. The molecule has 0 saturated heterocycles. The molecule has 0 atom stereocenters. The van der Waals surface area contributed by atoms with Crippen LogP contribution in [0.5, 0.6) is 5.75 Å². The summed E-state index contributed by atoms with van der Waals surface area (Å²) < 4.78 is 5.55. The van der Waals surface area contributed by atoms with E-state index in [0.717, 1.165) is 41.0 Å². The lowest BCUT2D eigenvalue weighted by molar-refractivity contribution is 0.0983. The summed E-state index contributed by atoms with van der Waals surface area (Å²) in [4.78, 5) is 20.6. The Morgan fingerprint density at radius 1 is 1.12 bits per heavy atom. The van der Waals surface area contributed by atoms with Crippen molar-refractivity contribution in [2.75, 3.05) is 36.5 Å². The van der Waals surface area contributed by atoms with Crippen LogP contribution in [0.2, 0.25) is 0 Å². The van der Waals surface area contributed by atoms with Crippen LogP contribution in [0.3, 0.4) is 0 Å². The lowest BCUT2D eigenvalue weighted by Crippen LogP contribution is -2.31. The van der Waals surface area contributed by atoms with Crippen LogP contribution in [-0.2, 0) is 0 Å². The Kier molecular flexibility index (Phi) is 4.29. The first-order valence-electron chi connectivity index (χ1n) is 9.05. The maximum atomic E-state index is 13.2. The van der Waals surface area contributed by atoms with Crippen molar-refractivity contribution in [3.63, 3.8) is 0 Å². The number of aromatic amines is 1. The van der Waals surface area contributed by atoms with Crippen LogP contribution < -0.4 is 14.5 Å². The number of H-pyrrole nitrogens is 1. The average Bonchev–Trinajstić information content (AvgIpc) is 3.00. The lowest BCUT2D eigenvalue weighted by atomic mass is 10.2. The second-order valence-electron chi connectivity index (χ2n) is 6.59. The minimum absolute atomic E-state index is 0.00177. The molecule has 0 unspecified atom stereocenters. The summed E-state index contributed by atoms with van der Waals surface area (Å²) in [5.74, 6) is 0.810. The number of anilines is 2. The third-order valence-electron chi connectivity index (χ3n) is 4.84. The fraction of sp³-hybridized carbons (Fsp3) is 0.286. The molecule has 2 heterocycles. The van der Waals surface area contributed by atoms with E-state index in [1.807, 2.05) is 54.3 Å². The SMILES string of the molecule is CCOc1ccc2cc(C(=O)N3CCCN(C)c4ccccc43)[nH]c2c1. The van der Waals surface area contributed by atoms with E-state index in [-0.39, 0.29) is 5.91 Å². The Bertz CT molecular complexity index is 947. The van der Waals surface area contributed by atoms with Gasteiger partial charge in [-0.2, -0.15) is 0 Å². The molecule has 1 N–H and O–H groups in total. The first kappa shape index (κ1) is 16.5. The topological polar surface area (TPSA) is 48.6 Å². The average molecular weight is 349 g/mol. The van der Waals surface area contributed by atoms with Crippen LogP contribution >= 0.6 is 0 Å². The molecule has 5 nitrogen and oxygen atoms in total. The van der Waals surface area contributed by atoms with Gasteiger partial charge in [0.25, 0.3) is 5.91 Å². The van der Waals surface area contributed by atoms with Crippen molar-refractivity contribution in [1.82, 2.24) is 4.98 Å². The quantitative estimate of drug-likeness (QED) is 0.776. The third kappa shape index (κ3) is 2.90. The second kappa shape index (κ2) is 6.75. The molecule has 134 valence electrons. The maximum absolute atomic E-state index is 13.2. The molecule has 4 rings (SSSR count). The van der Waals surface area contributed by atoms with Crippen molar-refractivity contribution in [3.8, 4) is 5.75 Å². The van der Waals surface area contributed by atoms with Gasteiger partial charge in [-0.1, -0.05) is 12.1 Å². The first-order chi connectivity index (χ1) is 12.7. The number of ether oxygens (including phenoxy) is 1. The van der Waals surface area contributed by atoms with E-state index in [9.17, 15) is 4.79 Å². The van der Waals surface area contributed by atoms with E-state index in [1.165, 1.54) is 0 Å². The molecule has 1 aliphatic heterocycles. The number of aromatic nitrogens is 1. The molecule has 0 spiro atoms. The summed E-state index contributed by atoms with van der Waals surface area (Å²) in [7, 11) is 2.07. The van der Waals surface area contributed by atoms with Gasteiger partial charge in [0.05, 0.1) is 18.0 Å². The highest BCUT2D eigenvalue weighted by Crippen LogP contribution is 2.32. The highest BCUT2D eigenvalue weighted by Gasteiger charge is 2.25. The van der Waals surface area contributed by atoms with E-state index in [4.69, 9.17) is 4.74 Å². The van der Waals surface area contributed by atoms with Crippen molar-refractivity contribution in [3.05, 3.63) is 54.2 Å². The minimum atomic E-state index is 0.00177. The van der Waals surface area contributed by atoms with Crippen LogP contribution in [0, 0.1) is 0 Å². The second-order valence-corrected chi connectivity index (χ2v) is 6.59. The van der Waals surface area contributed by atoms with Gasteiger partial charge in [0, 0.05) is 37.1 Å². The maximum Gasteiger partial charge on any atom is 0.274 e. The van der Waals surface area contributed by atoms with E-state index < -0.39 is 0 Å². The summed E-state index contributed by atoms with van der Waals surface area (Å²) in [6.07, 6.45) is 0.936. The Labute approximate surface area is 153 Å². The Morgan fingerprint density at radius 3 is 2.73 bits per heavy atom. The third-order valence-corrected chi connectivity index (χ3v) is 4.84. The summed E-state index contributed by atoms with van der Waals surface area (Å²) in [5.41, 5.74) is 3.58. The smallest absolute Gasteiger partial charge is 0.274 e. The van der Waals surface area contributed by atoms with Crippen LogP contribution in [0.25, 0.3) is 10.9 Å². The van der Waals surface area contributed by atoms with Gasteiger partial charge >= 0.3 is 0 Å². The molecular weight excluding hydrogens is 326 g/mol. The van der Waals surface area contributed by atoms with Gasteiger partial charge in [-0.25, -0.2) is 0 Å². The summed E-state index contributed by atoms with van der Waals surface area (Å²) >= 11 is 0. The molecule has 1 aliphatic rings. The van der Waals surface area contributed by atoms with Gasteiger partial charge < -0.3 is 19.5 Å². The van der Waals surface area contributed by atoms with E-state index in [2.05, 4.69) is 23.0 Å². The van der Waals surface area contributed by atoms with Crippen LogP contribution in [0.1, 0.15) is 23.8 Å². The van der Waals surface area contributed by atoms with E-state index in [1.54, 1.807) is 0 Å². The van der Waals surface area contributed by atoms with Gasteiger partial charge in [0.15, 0.2) is 0 Å². The Balaban J connectivity index is 1.71. The molecule has 0 aliphatic carbocycles. The highest BCUT2D eigenvalue weighted by molar-refractivity contribution is 6.09. The lowest BCUT2D eigenvalue weighted by Gasteiger charge is -2.23. The summed E-state index contributed by atoms with van der Waals surface area (Å²) in [5, 5.41) is 1.01. The molecule has 3 aromatic rings. The molecule has 1 amide bonds. The largest absolute Gasteiger partial charge is 0.494 e. The van der Waals surface area contributed by atoms with Crippen LogP contribution in [-0.4, -0.2) is 37.6 Å². The van der Waals surface area contributed by atoms with Crippen molar-refractivity contribution in [2.24, 2.45) is 0 Å². The fourth-order valence-corrected chi connectivity index (χ4v) is 3.56. The standard InChI is InChI=1S/C21H23N3O2/c1-3-26-16-10-9-15-13-18(22-17(15)14-16)21(25)24-12-6-11-23(2)19-7-4-5-8-20(19)24/h4-5,7-10,13-14,22H,3,6,11-12H2,1-2H3. The van der Waals surface area contributed by atoms with Gasteiger partial charge in [0.2, 0.25) is 0 Å². The number of nitrogens with zero attached hydrogens (tertiary/aromatic N) is 2. The van der Waals surface area contributed by atoms with Crippen LogP contribution in [0.15, 0.2) is 48.5 Å². The van der Waals surface area contributed by atoms with Crippen molar-refractivity contribution in [2.45, 2.75) is 13.3 Å². The Hall–Kier alpha value is -2.95. The van der Waals surface area contributed by atoms with Crippen molar-refractivity contribution < 1.29 is 9.53 Å². The molecule has 0 fully saturated rings. The monoisotopic (exact) mass is 349 g/mol. The molecular formula is C21H23N3O2. The van der Waals surface area contributed by atoms with E-state index >= 15 is 0 Å². The molecule has 0 saturated carbocycles. The highest BCUT2D eigenvalue weighted by atomic mass is 16.5. The predicted octanol–water partition coefficient (Wildman–Crippen LogP) is 4.05. The molecule has 26 heavy (non-hydrogen) atoms.